The normalized spacial score (nSPS) is 17.3. The number of aromatic amines is 1. The Hall–Kier alpha value is -3.89. The lowest BCUT2D eigenvalue weighted by Crippen LogP contribution is -2.35. The number of para-hydroxylation sites is 1. The topological polar surface area (TPSA) is 92.9 Å². The van der Waals surface area contributed by atoms with Crippen molar-refractivity contribution in [2.45, 2.75) is 30.1 Å². The van der Waals surface area contributed by atoms with Gasteiger partial charge in [0.15, 0.2) is 11.6 Å². The van der Waals surface area contributed by atoms with Gasteiger partial charge < -0.3 is 25.3 Å². The second-order valence-electron chi connectivity index (χ2n) is 9.57. The number of ether oxygens (including phenoxy) is 2. The Kier molecular flexibility index (Phi) is 7.82. The quantitative estimate of drug-likeness (QED) is 0.159. The molecule has 4 aromatic rings. The summed E-state index contributed by atoms with van der Waals surface area (Å²) < 4.78 is 55.8. The fourth-order valence-electron chi connectivity index (χ4n) is 4.92. The molecule has 208 valence electrons. The van der Waals surface area contributed by atoms with Crippen molar-refractivity contribution in [3.8, 4) is 17.2 Å². The van der Waals surface area contributed by atoms with Crippen molar-refractivity contribution in [3.05, 3.63) is 89.0 Å². The molecule has 0 saturated heterocycles. The number of fused-ring (bicyclic) bond motifs is 2. The molecular formula is C30H28F3N3O3S. The second kappa shape index (κ2) is 11.3. The van der Waals surface area contributed by atoms with Crippen molar-refractivity contribution in [2.75, 3.05) is 19.5 Å². The highest BCUT2D eigenvalue weighted by atomic mass is 32.2. The van der Waals surface area contributed by atoms with Gasteiger partial charge >= 0.3 is 0 Å². The van der Waals surface area contributed by atoms with Gasteiger partial charge in [-0.05, 0) is 55.9 Å². The van der Waals surface area contributed by atoms with Gasteiger partial charge in [0, 0.05) is 47.1 Å². The standard InChI is InChI=1S/C30H28F3N3O3S/c1-30(11-15-38-27-17(10-14-37)4-3-5-20(27)30)23(34)9-13-35-22-16-18(6-7-21(22)31)39-28-25(33)24(32)26-19(8-12-36-26)29(28)40-2/h3-9,12-13,16,36-37H,10-11,14-15,34H2,1-2H3/b23-9-,35-13?/t30-/m0/s1. The lowest BCUT2D eigenvalue weighted by atomic mass is 9.74. The molecule has 3 aromatic carbocycles. The van der Waals surface area contributed by atoms with Gasteiger partial charge in [0.05, 0.1) is 17.0 Å². The van der Waals surface area contributed by atoms with E-state index in [0.717, 1.165) is 22.9 Å². The summed E-state index contributed by atoms with van der Waals surface area (Å²) >= 11 is 1.21. The van der Waals surface area contributed by atoms with Crippen LogP contribution in [-0.4, -0.2) is 35.8 Å². The van der Waals surface area contributed by atoms with Gasteiger partial charge in [-0.3, -0.25) is 4.99 Å². The van der Waals surface area contributed by atoms with E-state index in [-0.39, 0.29) is 29.3 Å². The van der Waals surface area contributed by atoms with E-state index >= 15 is 0 Å². The number of aliphatic hydroxyl groups excluding tert-OH is 1. The fourth-order valence-corrected chi connectivity index (χ4v) is 5.63. The summed E-state index contributed by atoms with van der Waals surface area (Å²) in [6.07, 6.45) is 7.36. The zero-order valence-electron chi connectivity index (χ0n) is 21.9. The van der Waals surface area contributed by atoms with Crippen LogP contribution in [0.2, 0.25) is 0 Å². The van der Waals surface area contributed by atoms with Crippen LogP contribution >= 0.6 is 11.8 Å². The zero-order chi connectivity index (χ0) is 28.4. The Morgan fingerprint density at radius 2 is 2.05 bits per heavy atom. The molecule has 0 amide bonds. The molecule has 0 fully saturated rings. The van der Waals surface area contributed by atoms with Gasteiger partial charge in [-0.25, -0.2) is 8.78 Å². The molecule has 1 aromatic heterocycles. The molecule has 10 heteroatoms. The predicted molar refractivity (Wildman–Crippen MR) is 152 cm³/mol. The van der Waals surface area contributed by atoms with Crippen LogP contribution in [0.5, 0.6) is 17.2 Å². The Labute approximate surface area is 233 Å². The van der Waals surface area contributed by atoms with Crippen LogP contribution in [0.1, 0.15) is 24.5 Å². The molecule has 5 rings (SSSR count). The van der Waals surface area contributed by atoms with Gasteiger partial charge in [0.1, 0.15) is 23.0 Å². The maximum atomic E-state index is 14.9. The highest BCUT2D eigenvalue weighted by molar-refractivity contribution is 7.99. The van der Waals surface area contributed by atoms with Crippen LogP contribution in [0.15, 0.2) is 70.3 Å². The number of thioether (sulfide) groups is 1. The third kappa shape index (κ3) is 4.93. The number of halogens is 3. The van der Waals surface area contributed by atoms with E-state index in [2.05, 4.69) is 9.98 Å². The van der Waals surface area contributed by atoms with Crippen molar-refractivity contribution >= 4 is 34.6 Å². The first-order valence-corrected chi connectivity index (χ1v) is 13.9. The SMILES string of the molecule is CSc1c(Oc2ccc(F)c(N=C/C=C(\N)[C@@]3(C)CCOc4c(CCO)cccc43)c2)c(F)c(F)c2[nH]ccc12. The average molecular weight is 568 g/mol. The number of hydrogen-bond donors (Lipinski definition) is 3. The van der Waals surface area contributed by atoms with Gasteiger partial charge in [0.25, 0.3) is 0 Å². The van der Waals surface area contributed by atoms with Crippen LogP contribution < -0.4 is 15.2 Å². The van der Waals surface area contributed by atoms with Gasteiger partial charge in [-0.2, -0.15) is 4.39 Å². The van der Waals surface area contributed by atoms with Crippen molar-refractivity contribution in [1.82, 2.24) is 4.98 Å². The summed E-state index contributed by atoms with van der Waals surface area (Å²) in [6, 6.07) is 11.2. The molecule has 0 unspecified atom stereocenters. The Bertz CT molecular complexity index is 1640. The number of aliphatic hydroxyl groups is 1. The van der Waals surface area contributed by atoms with E-state index in [4.69, 9.17) is 15.2 Å². The Morgan fingerprint density at radius 1 is 1.23 bits per heavy atom. The highest BCUT2D eigenvalue weighted by Crippen LogP contribution is 2.44. The molecule has 40 heavy (non-hydrogen) atoms. The first kappa shape index (κ1) is 27.7. The Morgan fingerprint density at radius 3 is 2.83 bits per heavy atom. The molecule has 4 N–H and O–H groups in total. The monoisotopic (exact) mass is 567 g/mol. The zero-order valence-corrected chi connectivity index (χ0v) is 22.7. The summed E-state index contributed by atoms with van der Waals surface area (Å²) in [7, 11) is 0. The molecule has 0 aliphatic carbocycles. The highest BCUT2D eigenvalue weighted by Gasteiger charge is 2.36. The summed E-state index contributed by atoms with van der Waals surface area (Å²) in [5.41, 5.74) is 8.28. The van der Waals surface area contributed by atoms with E-state index < -0.39 is 22.9 Å². The number of aliphatic imine (C=N–C) groups is 1. The number of nitrogens with one attached hydrogen (secondary N) is 1. The number of benzene rings is 3. The van der Waals surface area contributed by atoms with E-state index in [1.807, 2.05) is 25.1 Å². The van der Waals surface area contributed by atoms with Crippen LogP contribution in [0.4, 0.5) is 18.9 Å². The molecule has 1 aliphatic heterocycles. The average Bonchev–Trinajstić information content (AvgIpc) is 3.44. The lowest BCUT2D eigenvalue weighted by Gasteiger charge is -2.37. The third-order valence-electron chi connectivity index (χ3n) is 7.18. The van der Waals surface area contributed by atoms with Crippen LogP contribution in [-0.2, 0) is 11.8 Å². The molecule has 1 atom stereocenters. The molecule has 2 heterocycles. The number of H-pyrrole nitrogens is 1. The molecule has 1 aliphatic rings. The van der Waals surface area contributed by atoms with Crippen LogP contribution in [0.3, 0.4) is 0 Å². The number of hydrogen-bond acceptors (Lipinski definition) is 6. The number of nitrogens with zero attached hydrogens (tertiary/aromatic N) is 1. The van der Waals surface area contributed by atoms with E-state index in [0.29, 0.717) is 35.4 Å². The summed E-state index contributed by atoms with van der Waals surface area (Å²) in [4.78, 5) is 7.33. The second-order valence-corrected chi connectivity index (χ2v) is 10.4. The van der Waals surface area contributed by atoms with Gasteiger partial charge in [0.2, 0.25) is 5.82 Å². The van der Waals surface area contributed by atoms with E-state index in [1.54, 1.807) is 18.4 Å². The number of allylic oxidation sites excluding steroid dienone is 2. The minimum Gasteiger partial charge on any atom is -0.493 e. The Balaban J connectivity index is 1.43. The first-order chi connectivity index (χ1) is 19.3. The third-order valence-corrected chi connectivity index (χ3v) is 7.99. The van der Waals surface area contributed by atoms with Crippen LogP contribution in [0.25, 0.3) is 10.9 Å². The summed E-state index contributed by atoms with van der Waals surface area (Å²) in [6.45, 7) is 2.46. The largest absolute Gasteiger partial charge is 0.493 e. The van der Waals surface area contributed by atoms with Crippen molar-refractivity contribution < 1.29 is 27.8 Å². The van der Waals surface area contributed by atoms with Crippen molar-refractivity contribution in [3.63, 3.8) is 0 Å². The van der Waals surface area contributed by atoms with Crippen molar-refractivity contribution in [1.29, 1.82) is 0 Å². The number of aromatic nitrogens is 1. The number of rotatable bonds is 8. The fraction of sp³-hybridized carbons (Fsp3) is 0.233. The lowest BCUT2D eigenvalue weighted by molar-refractivity contribution is 0.235. The summed E-state index contributed by atoms with van der Waals surface area (Å²) in [5, 5.41) is 9.89. The molecule has 0 saturated carbocycles. The molecular weight excluding hydrogens is 539 g/mol. The minimum absolute atomic E-state index is 0.00372. The number of nitrogens with two attached hydrogens (primary N) is 1. The first-order valence-electron chi connectivity index (χ1n) is 12.6. The molecule has 0 bridgehead atoms. The minimum atomic E-state index is -1.14. The molecule has 0 spiro atoms. The molecule has 0 radical (unpaired) electrons. The van der Waals surface area contributed by atoms with Crippen molar-refractivity contribution in [2.24, 2.45) is 10.7 Å². The maximum Gasteiger partial charge on any atom is 0.204 e. The van der Waals surface area contributed by atoms with E-state index in [9.17, 15) is 18.3 Å². The maximum absolute atomic E-state index is 14.9. The van der Waals surface area contributed by atoms with E-state index in [1.165, 1.54) is 36.3 Å². The van der Waals surface area contributed by atoms with Gasteiger partial charge in [-0.1, -0.05) is 18.2 Å². The summed E-state index contributed by atoms with van der Waals surface area (Å²) in [5.74, 6) is -2.28. The van der Waals surface area contributed by atoms with Crippen LogP contribution in [0, 0.1) is 17.5 Å². The smallest absolute Gasteiger partial charge is 0.204 e. The molecule has 6 nitrogen and oxygen atoms in total. The predicted octanol–water partition coefficient (Wildman–Crippen LogP) is 6.92. The van der Waals surface area contributed by atoms with Gasteiger partial charge in [-0.15, -0.1) is 11.8 Å².